The Morgan fingerprint density at radius 3 is 2.81 bits per heavy atom. The second-order valence-electron chi connectivity index (χ2n) is 6.79. The maximum atomic E-state index is 12.8. The zero-order valence-corrected chi connectivity index (χ0v) is 14.4. The fourth-order valence-corrected chi connectivity index (χ4v) is 3.33. The predicted octanol–water partition coefficient (Wildman–Crippen LogP) is 0.940. The molecule has 1 unspecified atom stereocenters. The van der Waals surface area contributed by atoms with E-state index in [0.717, 1.165) is 11.3 Å². The van der Waals surface area contributed by atoms with Crippen LogP contribution in [0.3, 0.4) is 0 Å². The maximum Gasteiger partial charge on any atom is 0.289 e. The van der Waals surface area contributed by atoms with Gasteiger partial charge in [-0.2, -0.15) is 0 Å². The molecule has 134 valence electrons. The Kier molecular flexibility index (Phi) is 4.34. The minimum Gasteiger partial charge on any atom is -0.393 e. The highest BCUT2D eigenvalue weighted by Crippen LogP contribution is 2.31. The minimum atomic E-state index is -0.288. The van der Waals surface area contributed by atoms with Gasteiger partial charge in [-0.25, -0.2) is 4.98 Å². The van der Waals surface area contributed by atoms with E-state index in [4.69, 9.17) is 0 Å². The van der Waals surface area contributed by atoms with Crippen molar-refractivity contribution in [2.75, 3.05) is 0 Å². The lowest BCUT2D eigenvalue weighted by Gasteiger charge is -2.38. The molecule has 3 aromatic rings. The smallest absolute Gasteiger partial charge is 0.289 e. The predicted molar refractivity (Wildman–Crippen MR) is 93.4 cm³/mol. The number of aryl methyl sites for hydroxylation is 1. The number of aromatic nitrogens is 5. The van der Waals surface area contributed by atoms with Gasteiger partial charge in [0.25, 0.3) is 11.7 Å². The van der Waals surface area contributed by atoms with Gasteiger partial charge in [0.1, 0.15) is 0 Å². The molecule has 0 bridgehead atoms. The van der Waals surface area contributed by atoms with Gasteiger partial charge in [-0.05, 0) is 55.9 Å². The lowest BCUT2D eigenvalue weighted by atomic mass is 9.75. The van der Waals surface area contributed by atoms with Crippen LogP contribution in [0.5, 0.6) is 0 Å². The van der Waals surface area contributed by atoms with E-state index in [0.29, 0.717) is 25.0 Å². The molecule has 1 fully saturated rings. The van der Waals surface area contributed by atoms with Crippen LogP contribution >= 0.6 is 0 Å². The summed E-state index contributed by atoms with van der Waals surface area (Å²) in [6.07, 6.45) is 7.01. The fourth-order valence-electron chi connectivity index (χ4n) is 3.33. The first kappa shape index (κ1) is 16.6. The summed E-state index contributed by atoms with van der Waals surface area (Å²) in [5.41, 5.74) is 1.91. The maximum absolute atomic E-state index is 12.8. The van der Waals surface area contributed by atoms with Crippen molar-refractivity contribution in [2.45, 2.75) is 38.3 Å². The van der Waals surface area contributed by atoms with E-state index < -0.39 is 0 Å². The van der Waals surface area contributed by atoms with Gasteiger partial charge in [0.15, 0.2) is 0 Å². The SMILES string of the molecule is Cc1ccn2c(C(=O)NC(Cc3ccncc3)C3CC(O)C3)nnc2n1. The zero-order valence-electron chi connectivity index (χ0n) is 14.4. The Bertz CT molecular complexity index is 920. The standard InChI is InChI=1S/C18H20N6O2/c1-11-4-7-24-16(22-23-18(24)20-11)17(26)21-15(13-9-14(25)10-13)8-12-2-5-19-6-3-12/h2-7,13-15,25H,8-10H2,1H3,(H,21,26). The number of carbonyl (C=O) groups excluding carboxylic acids is 1. The average molecular weight is 352 g/mol. The largest absolute Gasteiger partial charge is 0.393 e. The third-order valence-corrected chi connectivity index (χ3v) is 4.86. The van der Waals surface area contributed by atoms with Crippen molar-refractivity contribution < 1.29 is 9.90 Å². The van der Waals surface area contributed by atoms with Gasteiger partial charge >= 0.3 is 0 Å². The minimum absolute atomic E-state index is 0.0842. The van der Waals surface area contributed by atoms with E-state index >= 15 is 0 Å². The molecule has 0 spiro atoms. The van der Waals surface area contributed by atoms with E-state index in [9.17, 15) is 9.90 Å². The van der Waals surface area contributed by atoms with Crippen LogP contribution in [0, 0.1) is 12.8 Å². The molecule has 26 heavy (non-hydrogen) atoms. The number of pyridine rings is 1. The number of carbonyl (C=O) groups is 1. The number of amides is 1. The van der Waals surface area contributed by atoms with Gasteiger partial charge in [0, 0.05) is 30.3 Å². The molecular weight excluding hydrogens is 332 g/mol. The van der Waals surface area contributed by atoms with Crippen LogP contribution in [0.15, 0.2) is 36.8 Å². The molecule has 0 aromatic carbocycles. The summed E-state index contributed by atoms with van der Waals surface area (Å²) in [4.78, 5) is 21.1. The number of aliphatic hydroxyl groups excluding tert-OH is 1. The average Bonchev–Trinajstić information content (AvgIpc) is 3.02. The van der Waals surface area contributed by atoms with Crippen molar-refractivity contribution in [3.05, 3.63) is 53.9 Å². The molecular formula is C18H20N6O2. The van der Waals surface area contributed by atoms with Crippen LogP contribution in [0.25, 0.3) is 5.78 Å². The summed E-state index contributed by atoms with van der Waals surface area (Å²) >= 11 is 0. The summed E-state index contributed by atoms with van der Waals surface area (Å²) in [5, 5.41) is 20.7. The summed E-state index contributed by atoms with van der Waals surface area (Å²) in [7, 11) is 0. The van der Waals surface area contributed by atoms with E-state index in [1.54, 1.807) is 23.0 Å². The molecule has 1 saturated carbocycles. The fraction of sp³-hybridized carbons (Fsp3) is 0.389. The van der Waals surface area contributed by atoms with E-state index in [1.165, 1.54) is 0 Å². The monoisotopic (exact) mass is 352 g/mol. The summed E-state index contributed by atoms with van der Waals surface area (Å²) < 4.78 is 1.58. The number of nitrogens with one attached hydrogen (secondary N) is 1. The van der Waals surface area contributed by atoms with Gasteiger partial charge < -0.3 is 10.4 Å². The molecule has 1 aliphatic carbocycles. The molecule has 4 rings (SSSR count). The van der Waals surface area contributed by atoms with Gasteiger partial charge in [-0.3, -0.25) is 14.2 Å². The van der Waals surface area contributed by atoms with Gasteiger partial charge in [-0.1, -0.05) is 0 Å². The van der Waals surface area contributed by atoms with Gasteiger partial charge in [0.05, 0.1) is 6.10 Å². The first-order chi connectivity index (χ1) is 12.6. The van der Waals surface area contributed by atoms with Crippen LogP contribution in [-0.2, 0) is 6.42 Å². The highest BCUT2D eigenvalue weighted by atomic mass is 16.3. The van der Waals surface area contributed by atoms with Crippen molar-refractivity contribution in [1.82, 2.24) is 29.9 Å². The van der Waals surface area contributed by atoms with E-state index in [-0.39, 0.29) is 29.8 Å². The van der Waals surface area contributed by atoms with Gasteiger partial charge in [-0.15, -0.1) is 10.2 Å². The number of hydrogen-bond acceptors (Lipinski definition) is 6. The Labute approximate surface area is 150 Å². The molecule has 1 amide bonds. The summed E-state index contributed by atoms with van der Waals surface area (Å²) in [6, 6.07) is 5.60. The molecule has 8 nitrogen and oxygen atoms in total. The first-order valence-corrected chi connectivity index (χ1v) is 8.66. The van der Waals surface area contributed by atoms with Crippen LogP contribution < -0.4 is 5.32 Å². The van der Waals surface area contributed by atoms with E-state index in [2.05, 4.69) is 25.5 Å². The van der Waals surface area contributed by atoms with Crippen molar-refractivity contribution >= 4 is 11.7 Å². The third kappa shape index (κ3) is 3.28. The number of nitrogens with zero attached hydrogens (tertiary/aromatic N) is 5. The Balaban J connectivity index is 1.55. The lowest BCUT2D eigenvalue weighted by Crippen LogP contribution is -2.48. The molecule has 8 heteroatoms. The van der Waals surface area contributed by atoms with Crippen molar-refractivity contribution in [1.29, 1.82) is 0 Å². The highest BCUT2D eigenvalue weighted by Gasteiger charge is 2.35. The zero-order chi connectivity index (χ0) is 18.1. The molecule has 3 heterocycles. The van der Waals surface area contributed by atoms with Crippen LogP contribution in [0.2, 0.25) is 0 Å². The van der Waals surface area contributed by atoms with Crippen LogP contribution in [0.4, 0.5) is 0 Å². The second-order valence-corrected chi connectivity index (χ2v) is 6.79. The summed E-state index contributed by atoms with van der Waals surface area (Å²) in [6.45, 7) is 1.86. The molecule has 2 N–H and O–H groups in total. The normalized spacial score (nSPS) is 20.5. The molecule has 1 atom stereocenters. The van der Waals surface area contributed by atoms with Gasteiger partial charge in [0.2, 0.25) is 5.82 Å². The Morgan fingerprint density at radius 2 is 2.08 bits per heavy atom. The molecule has 0 radical (unpaired) electrons. The first-order valence-electron chi connectivity index (χ1n) is 8.66. The summed E-state index contributed by atoms with van der Waals surface area (Å²) in [5.74, 6) is 0.567. The molecule has 0 aliphatic heterocycles. The number of fused-ring (bicyclic) bond motifs is 1. The quantitative estimate of drug-likeness (QED) is 0.708. The second kappa shape index (κ2) is 6.80. The molecule has 3 aromatic heterocycles. The van der Waals surface area contributed by atoms with Crippen molar-refractivity contribution in [2.24, 2.45) is 5.92 Å². The number of hydrogen-bond donors (Lipinski definition) is 2. The molecule has 0 saturated heterocycles. The number of rotatable bonds is 5. The van der Waals surface area contributed by atoms with Crippen molar-refractivity contribution in [3.63, 3.8) is 0 Å². The topological polar surface area (TPSA) is 105 Å². The lowest BCUT2D eigenvalue weighted by molar-refractivity contribution is 0.0238. The molecule has 1 aliphatic rings. The van der Waals surface area contributed by atoms with Crippen LogP contribution in [-0.4, -0.2) is 47.7 Å². The van der Waals surface area contributed by atoms with Crippen molar-refractivity contribution in [3.8, 4) is 0 Å². The number of aliphatic hydroxyl groups is 1. The van der Waals surface area contributed by atoms with Crippen LogP contribution in [0.1, 0.15) is 34.7 Å². The van der Waals surface area contributed by atoms with E-state index in [1.807, 2.05) is 25.1 Å². The Hall–Kier alpha value is -2.87. The Morgan fingerprint density at radius 1 is 1.31 bits per heavy atom. The highest BCUT2D eigenvalue weighted by molar-refractivity contribution is 5.91. The third-order valence-electron chi connectivity index (χ3n) is 4.86.